The van der Waals surface area contributed by atoms with Gasteiger partial charge in [-0.2, -0.15) is 0 Å². The first-order valence-corrected chi connectivity index (χ1v) is 6.71. The lowest BCUT2D eigenvalue weighted by molar-refractivity contribution is 0.370. The largest absolute Gasteiger partial charge is 0.308 e. The van der Waals surface area contributed by atoms with Crippen LogP contribution < -0.4 is 5.32 Å². The predicted octanol–water partition coefficient (Wildman–Crippen LogP) is 3.26. The second kappa shape index (κ2) is 4.22. The van der Waals surface area contributed by atoms with Crippen molar-refractivity contribution < 1.29 is 0 Å². The third-order valence-corrected chi connectivity index (χ3v) is 4.52. The summed E-state index contributed by atoms with van der Waals surface area (Å²) in [4.78, 5) is 4.79. The van der Waals surface area contributed by atoms with Crippen molar-refractivity contribution in [1.29, 1.82) is 0 Å². The topological polar surface area (TPSA) is 24.9 Å². The van der Waals surface area contributed by atoms with Gasteiger partial charge in [0.05, 0.1) is 11.2 Å². The Morgan fingerprint density at radius 3 is 2.53 bits per heavy atom. The Labute approximate surface area is 96.1 Å². The number of nitrogens with one attached hydrogen (secondary N) is 1. The molecular formula is C12H20N2S. The molecule has 2 rings (SSSR count). The maximum Gasteiger partial charge on any atom is 0.113 e. The Bertz CT molecular complexity index is 324. The van der Waals surface area contributed by atoms with E-state index in [4.69, 9.17) is 4.98 Å². The second-order valence-corrected chi connectivity index (χ2v) is 5.63. The summed E-state index contributed by atoms with van der Waals surface area (Å²) in [5, 5.41) is 7.01. The van der Waals surface area contributed by atoms with Crippen LogP contribution in [-0.4, -0.2) is 12.0 Å². The van der Waals surface area contributed by atoms with Crippen molar-refractivity contribution in [2.24, 2.45) is 0 Å². The van der Waals surface area contributed by atoms with Crippen LogP contribution in [0.3, 0.4) is 0 Å². The van der Waals surface area contributed by atoms with Crippen molar-refractivity contribution in [3.63, 3.8) is 0 Å². The van der Waals surface area contributed by atoms with Crippen molar-refractivity contribution in [2.75, 3.05) is 7.05 Å². The predicted molar refractivity (Wildman–Crippen MR) is 65.4 cm³/mol. The van der Waals surface area contributed by atoms with Crippen molar-refractivity contribution in [2.45, 2.75) is 51.0 Å². The van der Waals surface area contributed by atoms with E-state index in [0.717, 1.165) is 0 Å². The highest BCUT2D eigenvalue weighted by Gasteiger charge is 2.36. The molecule has 0 radical (unpaired) electrons. The summed E-state index contributed by atoms with van der Waals surface area (Å²) in [7, 11) is 2.07. The van der Waals surface area contributed by atoms with Crippen LogP contribution in [0.5, 0.6) is 0 Å². The molecule has 1 aromatic heterocycles. The molecule has 0 saturated heterocycles. The summed E-state index contributed by atoms with van der Waals surface area (Å²) in [6.45, 7) is 4.42. The first-order chi connectivity index (χ1) is 7.18. The standard InChI is InChI=1S/C12H20N2S/c1-9(2)10-8-15-11(14-10)12(13-3)6-4-5-7-12/h8-9,13H,4-7H2,1-3H3. The molecule has 0 amide bonds. The molecule has 0 unspecified atom stereocenters. The Morgan fingerprint density at radius 2 is 2.07 bits per heavy atom. The van der Waals surface area contributed by atoms with Gasteiger partial charge in [0.25, 0.3) is 0 Å². The van der Waals surface area contributed by atoms with Crippen LogP contribution in [0.25, 0.3) is 0 Å². The number of aromatic nitrogens is 1. The molecule has 1 aliphatic rings. The van der Waals surface area contributed by atoms with Gasteiger partial charge in [0, 0.05) is 5.38 Å². The van der Waals surface area contributed by atoms with Gasteiger partial charge >= 0.3 is 0 Å². The second-order valence-electron chi connectivity index (χ2n) is 4.77. The summed E-state index contributed by atoms with van der Waals surface area (Å²) in [5.41, 5.74) is 1.44. The van der Waals surface area contributed by atoms with E-state index in [9.17, 15) is 0 Å². The average Bonchev–Trinajstić information content (AvgIpc) is 2.87. The molecule has 3 heteroatoms. The fraction of sp³-hybridized carbons (Fsp3) is 0.750. The highest BCUT2D eigenvalue weighted by molar-refractivity contribution is 7.09. The highest BCUT2D eigenvalue weighted by atomic mass is 32.1. The van der Waals surface area contributed by atoms with Crippen LogP contribution in [0.15, 0.2) is 5.38 Å². The SMILES string of the molecule is CNC1(c2nc(C(C)C)cs2)CCCC1. The first kappa shape index (κ1) is 11.1. The smallest absolute Gasteiger partial charge is 0.113 e. The van der Waals surface area contributed by atoms with Crippen LogP contribution in [0.2, 0.25) is 0 Å². The normalized spacial score (nSPS) is 20.0. The minimum absolute atomic E-state index is 0.192. The molecule has 0 aromatic carbocycles. The van der Waals surface area contributed by atoms with Gasteiger partial charge in [-0.15, -0.1) is 11.3 Å². The Kier molecular flexibility index (Phi) is 3.12. The molecular weight excluding hydrogens is 204 g/mol. The monoisotopic (exact) mass is 224 g/mol. The fourth-order valence-electron chi connectivity index (χ4n) is 2.32. The summed E-state index contributed by atoms with van der Waals surface area (Å²) in [6, 6.07) is 0. The lowest BCUT2D eigenvalue weighted by atomic mass is 9.99. The molecule has 1 saturated carbocycles. The van der Waals surface area contributed by atoms with Crippen molar-refractivity contribution in [3.8, 4) is 0 Å². The minimum atomic E-state index is 0.192. The minimum Gasteiger partial charge on any atom is -0.308 e. The molecule has 2 nitrogen and oxygen atoms in total. The van der Waals surface area contributed by atoms with Gasteiger partial charge in [-0.05, 0) is 25.8 Å². The summed E-state index contributed by atoms with van der Waals surface area (Å²) < 4.78 is 0. The summed E-state index contributed by atoms with van der Waals surface area (Å²) >= 11 is 1.82. The third-order valence-electron chi connectivity index (χ3n) is 3.46. The van der Waals surface area contributed by atoms with Crippen molar-refractivity contribution in [3.05, 3.63) is 16.1 Å². The van der Waals surface area contributed by atoms with E-state index in [1.807, 2.05) is 11.3 Å². The van der Waals surface area contributed by atoms with E-state index in [-0.39, 0.29) is 5.54 Å². The van der Waals surface area contributed by atoms with Gasteiger partial charge < -0.3 is 5.32 Å². The zero-order valence-corrected chi connectivity index (χ0v) is 10.7. The van der Waals surface area contributed by atoms with Crippen LogP contribution >= 0.6 is 11.3 Å². The number of hydrogen-bond acceptors (Lipinski definition) is 3. The van der Waals surface area contributed by atoms with Crippen LogP contribution in [-0.2, 0) is 5.54 Å². The lowest BCUT2D eigenvalue weighted by Gasteiger charge is -2.25. The molecule has 1 N–H and O–H groups in total. The number of thiazole rings is 1. The molecule has 0 aliphatic heterocycles. The quantitative estimate of drug-likeness (QED) is 0.852. The molecule has 0 spiro atoms. The van der Waals surface area contributed by atoms with Gasteiger partial charge in [-0.25, -0.2) is 4.98 Å². The van der Waals surface area contributed by atoms with E-state index in [1.165, 1.54) is 36.4 Å². The zero-order valence-electron chi connectivity index (χ0n) is 9.84. The van der Waals surface area contributed by atoms with E-state index >= 15 is 0 Å². The van der Waals surface area contributed by atoms with Gasteiger partial charge in [0.2, 0.25) is 0 Å². The van der Waals surface area contributed by atoms with Gasteiger partial charge in [0.1, 0.15) is 5.01 Å². The maximum atomic E-state index is 4.79. The molecule has 1 aliphatic carbocycles. The Hall–Kier alpha value is -0.410. The van der Waals surface area contributed by atoms with E-state index in [1.54, 1.807) is 0 Å². The van der Waals surface area contributed by atoms with Gasteiger partial charge in [-0.1, -0.05) is 26.7 Å². The molecule has 1 aromatic rings. The molecule has 84 valence electrons. The Balaban J connectivity index is 2.27. The third kappa shape index (κ3) is 1.95. The van der Waals surface area contributed by atoms with E-state index < -0.39 is 0 Å². The number of hydrogen-bond donors (Lipinski definition) is 1. The van der Waals surface area contributed by atoms with Gasteiger partial charge in [0.15, 0.2) is 0 Å². The number of rotatable bonds is 3. The zero-order chi connectivity index (χ0) is 10.9. The van der Waals surface area contributed by atoms with Crippen LogP contribution in [0, 0.1) is 0 Å². The van der Waals surface area contributed by atoms with Crippen LogP contribution in [0.1, 0.15) is 56.2 Å². The summed E-state index contributed by atoms with van der Waals surface area (Å²) in [6.07, 6.45) is 5.15. The molecule has 1 fully saturated rings. The average molecular weight is 224 g/mol. The molecule has 0 atom stereocenters. The molecule has 0 bridgehead atoms. The molecule has 15 heavy (non-hydrogen) atoms. The van der Waals surface area contributed by atoms with E-state index in [2.05, 4.69) is 31.6 Å². The first-order valence-electron chi connectivity index (χ1n) is 5.83. The Morgan fingerprint density at radius 1 is 1.40 bits per heavy atom. The van der Waals surface area contributed by atoms with Crippen molar-refractivity contribution in [1.82, 2.24) is 10.3 Å². The number of nitrogens with zero attached hydrogens (tertiary/aromatic N) is 1. The lowest BCUT2D eigenvalue weighted by Crippen LogP contribution is -2.36. The van der Waals surface area contributed by atoms with Gasteiger partial charge in [-0.3, -0.25) is 0 Å². The van der Waals surface area contributed by atoms with E-state index in [0.29, 0.717) is 5.92 Å². The highest BCUT2D eigenvalue weighted by Crippen LogP contribution is 2.40. The fourth-order valence-corrected chi connectivity index (χ4v) is 3.57. The summed E-state index contributed by atoms with van der Waals surface area (Å²) in [5.74, 6) is 0.547. The molecule has 1 heterocycles. The maximum absolute atomic E-state index is 4.79. The van der Waals surface area contributed by atoms with Crippen LogP contribution in [0.4, 0.5) is 0 Å². The van der Waals surface area contributed by atoms with Crippen molar-refractivity contribution >= 4 is 11.3 Å².